The second-order valence-corrected chi connectivity index (χ2v) is 14.8. The van der Waals surface area contributed by atoms with Crippen molar-refractivity contribution in [1.29, 1.82) is 0 Å². The zero-order chi connectivity index (χ0) is 38.6. The summed E-state index contributed by atoms with van der Waals surface area (Å²) in [5.74, 6) is 0. The molecule has 0 amide bonds. The Kier molecular flexibility index (Phi) is 10.3. The highest BCUT2D eigenvalue weighted by molar-refractivity contribution is 5.97. The maximum Gasteiger partial charge on any atom is 0.0847 e. The van der Waals surface area contributed by atoms with E-state index >= 15 is 0 Å². The lowest BCUT2D eigenvalue weighted by Crippen LogP contribution is -2.29. The second kappa shape index (κ2) is 15.9. The third kappa shape index (κ3) is 7.60. The average molecular weight is 729 g/mol. The van der Waals surface area contributed by atoms with Crippen molar-refractivity contribution in [3.05, 3.63) is 204 Å². The van der Waals surface area contributed by atoms with Gasteiger partial charge in [-0.1, -0.05) is 140 Å². The number of nitrogens with two attached hydrogens (primary N) is 3. The number of hydrogen-bond donors (Lipinski definition) is 3. The molecule has 7 aromatic carbocycles. The SMILES string of the molecule is CCCCC1=C(c2ccc(-c3ccc(N)cc3)cc2)C(c2ccc(C)cc2)N(c2ccc(-c3ccc(N)cc3)cc2)C=C1c1ccc(-c2ccc(N)cc2)cc1. The molecule has 0 saturated carbocycles. The van der Waals surface area contributed by atoms with Gasteiger partial charge >= 0.3 is 0 Å². The van der Waals surface area contributed by atoms with E-state index in [0.29, 0.717) is 0 Å². The molecule has 6 N–H and O–H groups in total. The van der Waals surface area contributed by atoms with Crippen LogP contribution in [0.25, 0.3) is 44.5 Å². The molecule has 7 aromatic rings. The first kappa shape index (κ1) is 36.2. The number of rotatable bonds is 10. The van der Waals surface area contributed by atoms with Crippen molar-refractivity contribution in [3.8, 4) is 33.4 Å². The van der Waals surface area contributed by atoms with Crippen LogP contribution in [-0.4, -0.2) is 0 Å². The van der Waals surface area contributed by atoms with E-state index in [0.717, 1.165) is 75.4 Å². The molecule has 0 bridgehead atoms. The molecule has 56 heavy (non-hydrogen) atoms. The summed E-state index contributed by atoms with van der Waals surface area (Å²) in [6.07, 6.45) is 5.55. The molecule has 1 heterocycles. The number of nitrogens with zero attached hydrogens (tertiary/aromatic N) is 1. The van der Waals surface area contributed by atoms with Crippen molar-refractivity contribution < 1.29 is 0 Å². The van der Waals surface area contributed by atoms with Gasteiger partial charge in [-0.05, 0) is 130 Å². The molecular weight excluding hydrogens is 681 g/mol. The molecule has 1 unspecified atom stereocenters. The third-order valence-corrected chi connectivity index (χ3v) is 10.9. The first-order valence-electron chi connectivity index (χ1n) is 19.5. The fourth-order valence-electron chi connectivity index (χ4n) is 7.78. The fourth-order valence-corrected chi connectivity index (χ4v) is 7.78. The summed E-state index contributed by atoms with van der Waals surface area (Å²) >= 11 is 0. The van der Waals surface area contributed by atoms with Crippen LogP contribution in [0.1, 0.15) is 54.5 Å². The molecule has 0 aromatic heterocycles. The number of anilines is 4. The highest BCUT2D eigenvalue weighted by Crippen LogP contribution is 2.49. The van der Waals surface area contributed by atoms with E-state index < -0.39 is 0 Å². The first-order valence-corrected chi connectivity index (χ1v) is 19.5. The number of benzene rings is 7. The monoisotopic (exact) mass is 728 g/mol. The van der Waals surface area contributed by atoms with E-state index in [1.54, 1.807) is 0 Å². The minimum absolute atomic E-state index is 0.0648. The maximum absolute atomic E-state index is 6.04. The predicted octanol–water partition coefficient (Wildman–Crippen LogP) is 13.0. The number of unbranched alkanes of at least 4 members (excludes halogenated alkanes) is 1. The Morgan fingerprint density at radius 1 is 0.446 bits per heavy atom. The van der Waals surface area contributed by atoms with Crippen LogP contribution in [0.15, 0.2) is 182 Å². The van der Waals surface area contributed by atoms with Gasteiger partial charge < -0.3 is 22.1 Å². The molecule has 0 spiro atoms. The summed E-state index contributed by atoms with van der Waals surface area (Å²) in [7, 11) is 0. The number of hydrogen-bond acceptors (Lipinski definition) is 4. The third-order valence-electron chi connectivity index (χ3n) is 10.9. The Balaban J connectivity index is 1.32. The Labute approximate surface area is 331 Å². The molecule has 4 nitrogen and oxygen atoms in total. The van der Waals surface area contributed by atoms with Gasteiger partial charge in [0.25, 0.3) is 0 Å². The predicted molar refractivity (Wildman–Crippen MR) is 240 cm³/mol. The maximum atomic E-state index is 6.04. The van der Waals surface area contributed by atoms with E-state index in [1.165, 1.54) is 39.0 Å². The van der Waals surface area contributed by atoms with Crippen LogP contribution in [0.2, 0.25) is 0 Å². The lowest BCUT2D eigenvalue weighted by molar-refractivity contribution is 0.779. The molecule has 1 aliphatic rings. The topological polar surface area (TPSA) is 81.3 Å². The van der Waals surface area contributed by atoms with E-state index in [9.17, 15) is 0 Å². The van der Waals surface area contributed by atoms with Crippen molar-refractivity contribution in [2.45, 2.75) is 39.2 Å². The van der Waals surface area contributed by atoms with Crippen molar-refractivity contribution in [2.75, 3.05) is 22.1 Å². The van der Waals surface area contributed by atoms with Crippen molar-refractivity contribution in [3.63, 3.8) is 0 Å². The minimum atomic E-state index is -0.0648. The number of aryl methyl sites for hydroxylation is 1. The van der Waals surface area contributed by atoms with Crippen molar-refractivity contribution in [1.82, 2.24) is 0 Å². The fraction of sp³-hybridized carbons (Fsp3) is 0.115. The van der Waals surface area contributed by atoms with Crippen LogP contribution in [0.4, 0.5) is 22.7 Å². The average Bonchev–Trinajstić information content (AvgIpc) is 3.24. The molecule has 8 rings (SSSR count). The molecule has 276 valence electrons. The smallest absolute Gasteiger partial charge is 0.0847 e. The zero-order valence-electron chi connectivity index (χ0n) is 32.1. The summed E-state index contributed by atoms with van der Waals surface area (Å²) < 4.78 is 0. The Morgan fingerprint density at radius 3 is 1.25 bits per heavy atom. The van der Waals surface area contributed by atoms with Gasteiger partial charge in [-0.3, -0.25) is 0 Å². The summed E-state index contributed by atoms with van der Waals surface area (Å²) in [6, 6.07) is 60.4. The summed E-state index contributed by atoms with van der Waals surface area (Å²) in [6.45, 7) is 4.44. The van der Waals surface area contributed by atoms with Crippen LogP contribution in [0.3, 0.4) is 0 Å². The first-order chi connectivity index (χ1) is 27.3. The molecule has 0 radical (unpaired) electrons. The van der Waals surface area contributed by atoms with Crippen LogP contribution in [0, 0.1) is 6.92 Å². The lowest BCUT2D eigenvalue weighted by Gasteiger charge is -2.40. The van der Waals surface area contributed by atoms with E-state index in [1.807, 2.05) is 36.4 Å². The highest BCUT2D eigenvalue weighted by atomic mass is 15.2. The van der Waals surface area contributed by atoms with Gasteiger partial charge in [0.15, 0.2) is 0 Å². The quantitative estimate of drug-likeness (QED) is 0.122. The molecule has 4 heteroatoms. The molecule has 0 saturated heterocycles. The van der Waals surface area contributed by atoms with Gasteiger partial charge in [-0.25, -0.2) is 0 Å². The van der Waals surface area contributed by atoms with Gasteiger partial charge in [0, 0.05) is 34.5 Å². The molecule has 1 aliphatic heterocycles. The summed E-state index contributed by atoms with van der Waals surface area (Å²) in [4.78, 5) is 2.49. The summed E-state index contributed by atoms with van der Waals surface area (Å²) in [5.41, 5.74) is 37.3. The molecule has 0 aliphatic carbocycles. The molecule has 1 atom stereocenters. The Bertz CT molecular complexity index is 2470. The Morgan fingerprint density at radius 2 is 0.821 bits per heavy atom. The van der Waals surface area contributed by atoms with Gasteiger partial charge in [0.1, 0.15) is 0 Å². The van der Waals surface area contributed by atoms with Gasteiger partial charge in [-0.15, -0.1) is 0 Å². The molecular formula is C52H48N4. The minimum Gasteiger partial charge on any atom is -0.399 e. The van der Waals surface area contributed by atoms with Crippen LogP contribution < -0.4 is 22.1 Å². The van der Waals surface area contributed by atoms with E-state index in [4.69, 9.17) is 17.2 Å². The number of nitrogen functional groups attached to an aromatic ring is 3. The van der Waals surface area contributed by atoms with E-state index in [2.05, 4.69) is 158 Å². The van der Waals surface area contributed by atoms with Gasteiger partial charge in [0.2, 0.25) is 0 Å². The summed E-state index contributed by atoms with van der Waals surface area (Å²) in [5, 5.41) is 0. The van der Waals surface area contributed by atoms with E-state index in [-0.39, 0.29) is 6.04 Å². The second-order valence-electron chi connectivity index (χ2n) is 14.8. The lowest BCUT2D eigenvalue weighted by atomic mass is 9.79. The van der Waals surface area contributed by atoms with Gasteiger partial charge in [-0.2, -0.15) is 0 Å². The number of allylic oxidation sites excluding steroid dienone is 2. The van der Waals surface area contributed by atoms with Crippen LogP contribution >= 0.6 is 0 Å². The van der Waals surface area contributed by atoms with Crippen molar-refractivity contribution in [2.24, 2.45) is 0 Å². The standard InChI is InChI=1S/C52H48N4/c1-3-4-5-49-50(42-14-10-36(11-15-42)38-18-26-45(53)27-19-38)34-56(48-32-24-41(25-33-48)40-22-30-47(55)31-23-40)52(44-8-6-35(2)7-9-44)51(49)43-16-12-37(13-17-43)39-20-28-46(54)29-21-39/h6-34,52H,3-5,53-55H2,1-2H3. The zero-order valence-corrected chi connectivity index (χ0v) is 32.1. The highest BCUT2D eigenvalue weighted by Gasteiger charge is 2.33. The van der Waals surface area contributed by atoms with Crippen molar-refractivity contribution >= 4 is 33.9 Å². The van der Waals surface area contributed by atoms with Crippen LogP contribution in [-0.2, 0) is 0 Å². The largest absolute Gasteiger partial charge is 0.399 e. The molecule has 0 fully saturated rings. The normalized spacial score (nSPS) is 14.1. The van der Waals surface area contributed by atoms with Crippen LogP contribution in [0.5, 0.6) is 0 Å². The Hall–Kier alpha value is -6.78. The van der Waals surface area contributed by atoms with Gasteiger partial charge in [0.05, 0.1) is 6.04 Å².